The van der Waals surface area contributed by atoms with Crippen LogP contribution in [-0.2, 0) is 19.1 Å². The van der Waals surface area contributed by atoms with Crippen LogP contribution >= 0.6 is 0 Å². The molecule has 34 heavy (non-hydrogen) atoms. The van der Waals surface area contributed by atoms with Crippen LogP contribution in [0.3, 0.4) is 0 Å². The maximum Gasteiger partial charge on any atom is 0.416 e. The van der Waals surface area contributed by atoms with Crippen molar-refractivity contribution in [2.75, 3.05) is 0 Å². The monoisotopic (exact) mass is 469 g/mol. The first-order valence-electron chi connectivity index (χ1n) is 12.2. The van der Waals surface area contributed by atoms with Crippen LogP contribution in [-0.4, -0.2) is 16.9 Å². The van der Waals surface area contributed by atoms with E-state index >= 15 is 0 Å². The predicted octanol–water partition coefficient (Wildman–Crippen LogP) is 6.42. The molecule has 0 saturated heterocycles. The Labute approximate surface area is 197 Å². The Hall–Kier alpha value is -2.80. The van der Waals surface area contributed by atoms with Gasteiger partial charge in [-0.2, -0.15) is 13.2 Å². The van der Waals surface area contributed by atoms with E-state index in [0.717, 1.165) is 42.3 Å². The highest BCUT2D eigenvalue weighted by Gasteiger charge is 2.30. The van der Waals surface area contributed by atoms with Crippen molar-refractivity contribution in [2.45, 2.75) is 76.2 Å². The largest absolute Gasteiger partial charge is 0.416 e. The molecule has 1 heterocycles. The van der Waals surface area contributed by atoms with E-state index in [1.165, 1.54) is 55.5 Å². The zero-order valence-electron chi connectivity index (χ0n) is 19.1. The fourth-order valence-corrected chi connectivity index (χ4v) is 5.42. The topological polar surface area (TPSA) is 56.9 Å². The molecular weight excluding hydrogens is 439 g/mol. The summed E-state index contributed by atoms with van der Waals surface area (Å²) >= 11 is 0. The number of alkyl halides is 3. The zero-order valence-corrected chi connectivity index (χ0v) is 19.1. The van der Waals surface area contributed by atoms with Crippen molar-refractivity contribution in [3.8, 4) is 0 Å². The summed E-state index contributed by atoms with van der Waals surface area (Å²) in [6.07, 6.45) is 5.30. The number of hydrogen-bond donors (Lipinski definition) is 3. The van der Waals surface area contributed by atoms with Crippen LogP contribution in [0, 0.1) is 0 Å². The summed E-state index contributed by atoms with van der Waals surface area (Å²) in [5, 5.41) is 7.80. The quantitative estimate of drug-likeness (QED) is 0.404. The van der Waals surface area contributed by atoms with Gasteiger partial charge in [-0.15, -0.1) is 0 Å². The average Bonchev–Trinajstić information content (AvgIpc) is 3.22. The summed E-state index contributed by atoms with van der Waals surface area (Å²) in [4.78, 5) is 16.4. The van der Waals surface area contributed by atoms with Gasteiger partial charge in [0.25, 0.3) is 5.91 Å². The van der Waals surface area contributed by atoms with Crippen molar-refractivity contribution in [1.82, 2.24) is 15.6 Å². The van der Waals surface area contributed by atoms with Gasteiger partial charge in [0, 0.05) is 40.8 Å². The van der Waals surface area contributed by atoms with Gasteiger partial charge in [0.2, 0.25) is 0 Å². The SMILES string of the molecule is O=C(NCc1ccc(C(F)(F)F)cc1)c1ccc2[nH]c3c(c2c1)CCCC3NC1CCCCC1. The van der Waals surface area contributed by atoms with Crippen LogP contribution in [0.2, 0.25) is 0 Å². The lowest BCUT2D eigenvalue weighted by atomic mass is 9.89. The third-order valence-electron chi connectivity index (χ3n) is 7.25. The van der Waals surface area contributed by atoms with Crippen LogP contribution in [0.5, 0.6) is 0 Å². The lowest BCUT2D eigenvalue weighted by Crippen LogP contribution is -2.36. The van der Waals surface area contributed by atoms with E-state index in [1.807, 2.05) is 12.1 Å². The molecule has 0 spiro atoms. The Morgan fingerprint density at radius 2 is 1.74 bits per heavy atom. The van der Waals surface area contributed by atoms with E-state index in [9.17, 15) is 18.0 Å². The molecule has 0 bridgehead atoms. The maximum absolute atomic E-state index is 12.8. The van der Waals surface area contributed by atoms with Crippen LogP contribution in [0.15, 0.2) is 42.5 Å². The smallest absolute Gasteiger partial charge is 0.357 e. The zero-order chi connectivity index (χ0) is 23.7. The number of H-pyrrole nitrogens is 1. The van der Waals surface area contributed by atoms with E-state index in [0.29, 0.717) is 23.2 Å². The Balaban J connectivity index is 1.29. The molecule has 2 aliphatic rings. The normalized spacial score (nSPS) is 19.2. The third-order valence-corrected chi connectivity index (χ3v) is 7.25. The number of benzene rings is 2. The second-order valence-corrected chi connectivity index (χ2v) is 9.60. The van der Waals surface area contributed by atoms with E-state index in [4.69, 9.17) is 0 Å². The lowest BCUT2D eigenvalue weighted by Gasteiger charge is -2.31. The van der Waals surface area contributed by atoms with Gasteiger partial charge in [-0.05, 0) is 73.6 Å². The van der Waals surface area contributed by atoms with Crippen LogP contribution in [0.4, 0.5) is 13.2 Å². The number of aromatic amines is 1. The standard InChI is InChI=1S/C27H30F3N3O/c28-27(29,30)19-12-9-17(10-13-19)16-31-26(34)18-11-14-23-22(15-18)21-7-4-8-24(25(21)33-23)32-20-5-2-1-3-6-20/h9-15,20,24,32-33H,1-8,16H2,(H,31,34). The van der Waals surface area contributed by atoms with Crippen molar-refractivity contribution in [3.63, 3.8) is 0 Å². The van der Waals surface area contributed by atoms with Gasteiger partial charge in [0.15, 0.2) is 0 Å². The molecule has 1 atom stereocenters. The van der Waals surface area contributed by atoms with Crippen LogP contribution < -0.4 is 10.6 Å². The molecule has 1 unspecified atom stereocenters. The second-order valence-electron chi connectivity index (χ2n) is 9.60. The Morgan fingerprint density at radius 3 is 2.47 bits per heavy atom. The highest BCUT2D eigenvalue weighted by Crippen LogP contribution is 2.36. The molecule has 4 nitrogen and oxygen atoms in total. The summed E-state index contributed by atoms with van der Waals surface area (Å²) in [7, 11) is 0. The summed E-state index contributed by atoms with van der Waals surface area (Å²) in [5.74, 6) is -0.232. The molecule has 7 heteroatoms. The molecular formula is C27H30F3N3O. The number of fused-ring (bicyclic) bond motifs is 3. The first-order chi connectivity index (χ1) is 16.4. The number of carbonyl (C=O) groups is 1. The molecule has 3 aromatic rings. The summed E-state index contributed by atoms with van der Waals surface area (Å²) in [6.45, 7) is 0.174. The van der Waals surface area contributed by atoms with Crippen molar-refractivity contribution in [1.29, 1.82) is 0 Å². The fraction of sp³-hybridized carbons (Fsp3) is 0.444. The number of rotatable bonds is 5. The van der Waals surface area contributed by atoms with Crippen molar-refractivity contribution in [3.05, 3.63) is 70.4 Å². The Bertz CT molecular complexity index is 1160. The van der Waals surface area contributed by atoms with Crippen molar-refractivity contribution < 1.29 is 18.0 Å². The third kappa shape index (κ3) is 4.85. The van der Waals surface area contributed by atoms with Crippen molar-refractivity contribution in [2.24, 2.45) is 0 Å². The fourth-order valence-electron chi connectivity index (χ4n) is 5.42. The lowest BCUT2D eigenvalue weighted by molar-refractivity contribution is -0.137. The number of nitrogens with one attached hydrogen (secondary N) is 3. The highest BCUT2D eigenvalue weighted by molar-refractivity contribution is 5.99. The molecule has 1 amide bonds. The first kappa shape index (κ1) is 23.0. The maximum atomic E-state index is 12.8. The van der Waals surface area contributed by atoms with E-state index in [-0.39, 0.29) is 12.5 Å². The summed E-state index contributed by atoms with van der Waals surface area (Å²) in [5.41, 5.74) is 4.09. The highest BCUT2D eigenvalue weighted by atomic mass is 19.4. The number of aromatic nitrogens is 1. The molecule has 1 aromatic heterocycles. The molecule has 0 radical (unpaired) electrons. The molecule has 3 N–H and O–H groups in total. The number of carbonyl (C=O) groups excluding carboxylic acids is 1. The summed E-state index contributed by atoms with van der Waals surface area (Å²) < 4.78 is 38.2. The van der Waals surface area contributed by atoms with E-state index in [1.54, 1.807) is 6.07 Å². The molecule has 2 aliphatic carbocycles. The van der Waals surface area contributed by atoms with E-state index < -0.39 is 11.7 Å². The van der Waals surface area contributed by atoms with Crippen LogP contribution in [0.1, 0.15) is 83.7 Å². The first-order valence-corrected chi connectivity index (χ1v) is 12.2. The number of halogens is 3. The number of amides is 1. The minimum absolute atomic E-state index is 0.174. The van der Waals surface area contributed by atoms with Gasteiger partial charge in [-0.1, -0.05) is 31.4 Å². The van der Waals surface area contributed by atoms with Crippen LogP contribution in [0.25, 0.3) is 10.9 Å². The van der Waals surface area contributed by atoms with Gasteiger partial charge in [0.05, 0.1) is 5.56 Å². The average molecular weight is 470 g/mol. The minimum atomic E-state index is -4.36. The van der Waals surface area contributed by atoms with E-state index in [2.05, 4.69) is 15.6 Å². The molecule has 2 aromatic carbocycles. The molecule has 5 rings (SSSR count). The van der Waals surface area contributed by atoms with Gasteiger partial charge in [-0.25, -0.2) is 0 Å². The minimum Gasteiger partial charge on any atom is -0.357 e. The molecule has 1 fully saturated rings. The van der Waals surface area contributed by atoms with Gasteiger partial charge < -0.3 is 15.6 Å². The molecule has 180 valence electrons. The number of aryl methyl sites for hydroxylation is 1. The van der Waals surface area contributed by atoms with Gasteiger partial charge in [-0.3, -0.25) is 4.79 Å². The van der Waals surface area contributed by atoms with Crippen molar-refractivity contribution >= 4 is 16.8 Å². The van der Waals surface area contributed by atoms with Gasteiger partial charge in [0.1, 0.15) is 0 Å². The molecule has 0 aliphatic heterocycles. The summed E-state index contributed by atoms with van der Waals surface area (Å²) in [6, 6.07) is 11.5. The Morgan fingerprint density at radius 1 is 0.971 bits per heavy atom. The second kappa shape index (κ2) is 9.45. The van der Waals surface area contributed by atoms with Gasteiger partial charge >= 0.3 is 6.18 Å². The predicted molar refractivity (Wildman–Crippen MR) is 127 cm³/mol. The molecule has 1 saturated carbocycles. The Kier molecular flexibility index (Phi) is 6.38. The number of hydrogen-bond acceptors (Lipinski definition) is 2.